The molecule has 116 valence electrons. The number of hydrogen-bond acceptors (Lipinski definition) is 6. The van der Waals surface area contributed by atoms with Gasteiger partial charge < -0.3 is 9.26 Å². The minimum absolute atomic E-state index is 0.201. The minimum Gasteiger partial charge on any atom is -0.467 e. The van der Waals surface area contributed by atoms with Crippen molar-refractivity contribution in [2.75, 3.05) is 7.11 Å². The van der Waals surface area contributed by atoms with E-state index in [1.807, 2.05) is 19.9 Å². The molecule has 3 rings (SSSR count). The lowest BCUT2D eigenvalue weighted by molar-refractivity contribution is 0.322. The first kappa shape index (κ1) is 14.3. The van der Waals surface area contributed by atoms with Crippen molar-refractivity contribution in [2.24, 2.45) is 0 Å². The van der Waals surface area contributed by atoms with E-state index in [0.717, 1.165) is 12.1 Å². The Morgan fingerprint density at radius 2 is 1.95 bits per heavy atom. The maximum atomic E-state index is 12.3. The molecule has 0 unspecified atom stereocenters. The Kier molecular flexibility index (Phi) is 3.66. The molecule has 3 aromatic heterocycles. The summed E-state index contributed by atoms with van der Waals surface area (Å²) >= 11 is 0. The third-order valence-electron chi connectivity index (χ3n) is 3.41. The first-order chi connectivity index (χ1) is 10.7. The van der Waals surface area contributed by atoms with Gasteiger partial charge in [0.1, 0.15) is 6.54 Å². The number of nitrogens with zero attached hydrogens (tertiary/aromatic N) is 5. The lowest BCUT2D eigenvalue weighted by Crippen LogP contribution is -2.22. The zero-order valence-electron chi connectivity index (χ0n) is 12.7. The van der Waals surface area contributed by atoms with Gasteiger partial charge in [0.15, 0.2) is 5.76 Å². The zero-order chi connectivity index (χ0) is 15.7. The molecule has 0 aliphatic rings. The molecule has 0 saturated heterocycles. The predicted molar refractivity (Wildman–Crippen MR) is 78.2 cm³/mol. The van der Waals surface area contributed by atoms with Crippen molar-refractivity contribution in [3.63, 3.8) is 0 Å². The third kappa shape index (κ3) is 2.36. The van der Waals surface area contributed by atoms with Crippen molar-refractivity contribution in [2.45, 2.75) is 33.2 Å². The van der Waals surface area contributed by atoms with Crippen LogP contribution in [0.2, 0.25) is 0 Å². The van der Waals surface area contributed by atoms with Crippen molar-refractivity contribution >= 4 is 5.78 Å². The van der Waals surface area contributed by atoms with Crippen molar-refractivity contribution < 1.29 is 9.26 Å². The number of ether oxygens (including phenoxy) is 1. The standard InChI is InChI=1S/C14H17N5O3/c1-4-9-7-12(20)19-13(15-9)16-14(21-3)18(19)8-11-6-10(5-2)17-22-11/h6-7H,4-5,8H2,1-3H3. The van der Waals surface area contributed by atoms with Gasteiger partial charge in [-0.05, 0) is 12.8 Å². The highest BCUT2D eigenvalue weighted by Gasteiger charge is 2.16. The van der Waals surface area contributed by atoms with E-state index in [-0.39, 0.29) is 5.56 Å². The topological polar surface area (TPSA) is 87.5 Å². The molecule has 0 amide bonds. The molecule has 0 fully saturated rings. The Morgan fingerprint density at radius 1 is 1.18 bits per heavy atom. The van der Waals surface area contributed by atoms with Crippen LogP contribution in [0.4, 0.5) is 0 Å². The summed E-state index contributed by atoms with van der Waals surface area (Å²) in [6.07, 6.45) is 1.45. The van der Waals surface area contributed by atoms with Gasteiger partial charge in [-0.25, -0.2) is 9.67 Å². The van der Waals surface area contributed by atoms with E-state index in [0.29, 0.717) is 36.2 Å². The van der Waals surface area contributed by atoms with Crippen LogP contribution in [0.1, 0.15) is 31.0 Å². The summed E-state index contributed by atoms with van der Waals surface area (Å²) < 4.78 is 13.5. The van der Waals surface area contributed by atoms with E-state index in [9.17, 15) is 4.79 Å². The average molecular weight is 303 g/mol. The van der Waals surface area contributed by atoms with Crippen LogP contribution in [0.3, 0.4) is 0 Å². The van der Waals surface area contributed by atoms with Crippen LogP contribution >= 0.6 is 0 Å². The molecule has 22 heavy (non-hydrogen) atoms. The molecule has 0 bridgehead atoms. The van der Waals surface area contributed by atoms with Gasteiger partial charge in [-0.3, -0.25) is 4.79 Å². The van der Waals surface area contributed by atoms with Crippen LogP contribution in [-0.4, -0.2) is 31.4 Å². The fourth-order valence-electron chi connectivity index (χ4n) is 2.25. The Balaban J connectivity index is 2.12. The summed E-state index contributed by atoms with van der Waals surface area (Å²) in [7, 11) is 1.50. The predicted octanol–water partition coefficient (Wildman–Crippen LogP) is 1.06. The van der Waals surface area contributed by atoms with Crippen molar-refractivity contribution in [1.29, 1.82) is 0 Å². The van der Waals surface area contributed by atoms with Crippen molar-refractivity contribution in [1.82, 2.24) is 24.3 Å². The molecule has 0 aromatic carbocycles. The van der Waals surface area contributed by atoms with Crippen LogP contribution in [0, 0.1) is 0 Å². The second kappa shape index (κ2) is 5.63. The van der Waals surface area contributed by atoms with Gasteiger partial charge in [0, 0.05) is 17.8 Å². The van der Waals surface area contributed by atoms with E-state index in [1.54, 1.807) is 4.68 Å². The van der Waals surface area contributed by atoms with Gasteiger partial charge in [0.05, 0.1) is 12.8 Å². The number of hydrogen-bond donors (Lipinski definition) is 0. The molecule has 0 spiro atoms. The van der Waals surface area contributed by atoms with E-state index in [4.69, 9.17) is 9.26 Å². The van der Waals surface area contributed by atoms with E-state index in [1.165, 1.54) is 17.7 Å². The first-order valence-corrected chi connectivity index (χ1v) is 7.14. The molecule has 0 aliphatic heterocycles. The smallest absolute Gasteiger partial charge is 0.315 e. The summed E-state index contributed by atoms with van der Waals surface area (Å²) in [5, 5.41) is 3.95. The summed E-state index contributed by atoms with van der Waals surface area (Å²) in [5.41, 5.74) is 1.36. The normalized spacial score (nSPS) is 11.2. The van der Waals surface area contributed by atoms with E-state index < -0.39 is 0 Å². The molecule has 3 aromatic rings. The molecule has 0 atom stereocenters. The molecule has 8 heteroatoms. The molecular weight excluding hydrogens is 286 g/mol. The van der Waals surface area contributed by atoms with Gasteiger partial charge in [-0.2, -0.15) is 9.50 Å². The number of rotatable bonds is 5. The molecule has 0 radical (unpaired) electrons. The molecule has 0 N–H and O–H groups in total. The van der Waals surface area contributed by atoms with Crippen LogP contribution < -0.4 is 10.3 Å². The van der Waals surface area contributed by atoms with Gasteiger partial charge in [0.25, 0.3) is 11.3 Å². The number of aromatic nitrogens is 5. The largest absolute Gasteiger partial charge is 0.467 e. The van der Waals surface area contributed by atoms with Crippen molar-refractivity contribution in [3.05, 3.63) is 39.6 Å². The van der Waals surface area contributed by atoms with Gasteiger partial charge in [-0.15, -0.1) is 0 Å². The molecule has 3 heterocycles. The van der Waals surface area contributed by atoms with Gasteiger partial charge in [-0.1, -0.05) is 19.0 Å². The highest BCUT2D eigenvalue weighted by molar-refractivity contribution is 5.31. The highest BCUT2D eigenvalue weighted by Crippen LogP contribution is 2.14. The average Bonchev–Trinajstić information content (AvgIpc) is 3.12. The molecule has 8 nitrogen and oxygen atoms in total. The Bertz CT molecular complexity index is 861. The summed E-state index contributed by atoms with van der Waals surface area (Å²) in [6, 6.07) is 3.65. The summed E-state index contributed by atoms with van der Waals surface area (Å²) in [5.74, 6) is 0.942. The number of aryl methyl sites for hydroxylation is 2. The quantitative estimate of drug-likeness (QED) is 0.700. The second-order valence-corrected chi connectivity index (χ2v) is 4.85. The Labute approximate surface area is 126 Å². The van der Waals surface area contributed by atoms with Gasteiger partial charge in [0.2, 0.25) is 0 Å². The minimum atomic E-state index is -0.201. The zero-order valence-corrected chi connectivity index (χ0v) is 12.7. The van der Waals surface area contributed by atoms with Crippen LogP contribution in [0.5, 0.6) is 6.01 Å². The van der Waals surface area contributed by atoms with Crippen LogP contribution in [0.25, 0.3) is 5.78 Å². The second-order valence-electron chi connectivity index (χ2n) is 4.85. The summed E-state index contributed by atoms with van der Waals surface area (Å²) in [4.78, 5) is 20.9. The van der Waals surface area contributed by atoms with E-state index >= 15 is 0 Å². The number of methoxy groups -OCH3 is 1. The van der Waals surface area contributed by atoms with E-state index in [2.05, 4.69) is 15.1 Å². The fourth-order valence-corrected chi connectivity index (χ4v) is 2.25. The summed E-state index contributed by atoms with van der Waals surface area (Å²) in [6.45, 7) is 4.22. The Morgan fingerprint density at radius 3 is 2.59 bits per heavy atom. The van der Waals surface area contributed by atoms with Crippen LogP contribution in [-0.2, 0) is 19.4 Å². The van der Waals surface area contributed by atoms with Crippen LogP contribution in [0.15, 0.2) is 21.5 Å². The molecule has 0 aliphatic carbocycles. The first-order valence-electron chi connectivity index (χ1n) is 7.14. The fraction of sp³-hybridized carbons (Fsp3) is 0.429. The monoisotopic (exact) mass is 303 g/mol. The lowest BCUT2D eigenvalue weighted by atomic mass is 10.3. The SMILES string of the molecule is CCc1cc(Cn2c(OC)nc3nc(CC)cc(=O)n32)on1. The third-order valence-corrected chi connectivity index (χ3v) is 3.41. The Hall–Kier alpha value is -2.64. The van der Waals surface area contributed by atoms with Gasteiger partial charge >= 0.3 is 6.01 Å². The number of fused-ring (bicyclic) bond motifs is 1. The highest BCUT2D eigenvalue weighted by atomic mass is 16.5. The maximum absolute atomic E-state index is 12.3. The molecular formula is C14H17N5O3. The molecule has 0 saturated carbocycles. The van der Waals surface area contributed by atoms with Crippen molar-refractivity contribution in [3.8, 4) is 6.01 Å². The maximum Gasteiger partial charge on any atom is 0.315 e. The lowest BCUT2D eigenvalue weighted by Gasteiger charge is -2.05.